The van der Waals surface area contributed by atoms with Crippen molar-refractivity contribution in [3.8, 4) is 11.1 Å². The second-order valence-corrected chi connectivity index (χ2v) is 16.7. The zero-order chi connectivity index (χ0) is 32.0. The molecule has 10 heteroatoms. The number of nitrogens with one attached hydrogen (secondary N) is 1. The van der Waals surface area contributed by atoms with Gasteiger partial charge in [-0.15, -0.1) is 0 Å². The van der Waals surface area contributed by atoms with Crippen molar-refractivity contribution in [3.05, 3.63) is 131 Å². The van der Waals surface area contributed by atoms with Crippen LogP contribution in [0.15, 0.2) is 109 Å². The Bertz CT molecular complexity index is 1800. The van der Waals surface area contributed by atoms with Crippen LogP contribution in [0.5, 0.6) is 0 Å². The summed E-state index contributed by atoms with van der Waals surface area (Å²) in [4.78, 5) is 31.2. The van der Waals surface area contributed by atoms with Gasteiger partial charge in [-0.3, -0.25) is 0 Å². The number of benzene rings is 4. The SMILES string of the molecule is CCOC[C@H](c1ccccc1)[C@H](I)[I-]C(=O)c1ccc2nc(NC(=O)c3ccccc3-c3ccc(C(F)(F)F)cc3)ccc2c1. The molecule has 1 N–H and O–H groups in total. The molecule has 2 atom stereocenters. The molecule has 0 unspecified atom stereocenters. The summed E-state index contributed by atoms with van der Waals surface area (Å²) >= 11 is 1.53. The standard InChI is InChI=1S/C35H28F3I2N2O3/c1-2-45-21-29(22-8-4-3-5-9-22)32(39)40-33(43)25-14-18-30-24(20-25)15-19-31(41-30)42-34(44)28-11-7-6-10-27(28)23-12-16-26(17-13-23)35(36,37)38/h3-20,29,32H,2,21H2,1H3,(H,41,42,44)/q-1/t29-,32-/m1/s1. The van der Waals surface area contributed by atoms with E-state index in [9.17, 15) is 22.8 Å². The number of hydrogen-bond donors (Lipinski definition) is 1. The van der Waals surface area contributed by atoms with Crippen LogP contribution in [0, 0.1) is 0 Å². The van der Waals surface area contributed by atoms with Crippen molar-refractivity contribution in [2.75, 3.05) is 18.5 Å². The molecule has 0 aliphatic heterocycles. The first kappa shape index (κ1) is 33.0. The Kier molecular flexibility index (Phi) is 10.9. The number of aromatic nitrogens is 1. The van der Waals surface area contributed by atoms with E-state index in [4.69, 9.17) is 4.74 Å². The number of alkyl halides is 5. The van der Waals surface area contributed by atoms with Crippen LogP contribution in [0.2, 0.25) is 0 Å². The molecule has 1 amide bonds. The van der Waals surface area contributed by atoms with Gasteiger partial charge in [0, 0.05) is 0 Å². The van der Waals surface area contributed by atoms with Crippen LogP contribution >= 0.6 is 22.6 Å². The van der Waals surface area contributed by atoms with Gasteiger partial charge in [-0.25, -0.2) is 0 Å². The van der Waals surface area contributed by atoms with Crippen molar-refractivity contribution >= 4 is 49.0 Å². The molecule has 0 fully saturated rings. The van der Waals surface area contributed by atoms with Crippen molar-refractivity contribution < 1.29 is 48.7 Å². The summed E-state index contributed by atoms with van der Waals surface area (Å²) in [7, 11) is 0. The number of carbonyl (C=O) groups excluding carboxylic acids is 2. The van der Waals surface area contributed by atoms with E-state index in [1.807, 2.05) is 31.2 Å². The Morgan fingerprint density at radius 2 is 1.62 bits per heavy atom. The maximum atomic E-state index is 13.4. The Morgan fingerprint density at radius 3 is 2.33 bits per heavy atom. The van der Waals surface area contributed by atoms with Gasteiger partial charge < -0.3 is 0 Å². The molecule has 0 aliphatic rings. The first-order chi connectivity index (χ1) is 21.6. The summed E-state index contributed by atoms with van der Waals surface area (Å²) < 4.78 is 45.1. The topological polar surface area (TPSA) is 68.3 Å². The predicted octanol–water partition coefficient (Wildman–Crippen LogP) is 5.98. The average Bonchev–Trinajstić information content (AvgIpc) is 3.04. The van der Waals surface area contributed by atoms with E-state index in [1.54, 1.807) is 48.5 Å². The van der Waals surface area contributed by atoms with Crippen LogP contribution in [0.25, 0.3) is 22.0 Å². The van der Waals surface area contributed by atoms with Gasteiger partial charge in [-0.05, 0) is 12.1 Å². The first-order valence-corrected chi connectivity index (χ1v) is 17.6. The fourth-order valence-corrected chi connectivity index (χ4v) is 9.12. The van der Waals surface area contributed by atoms with E-state index in [0.29, 0.717) is 46.8 Å². The monoisotopic (exact) mass is 835 g/mol. The molecule has 0 radical (unpaired) electrons. The number of fused-ring (bicyclic) bond motifs is 1. The summed E-state index contributed by atoms with van der Waals surface area (Å²) in [5.41, 5.74) is 2.94. The van der Waals surface area contributed by atoms with Gasteiger partial charge >= 0.3 is 236 Å². The van der Waals surface area contributed by atoms with Gasteiger partial charge in [0.15, 0.2) is 0 Å². The quantitative estimate of drug-likeness (QED) is 0.101. The normalized spacial score (nSPS) is 13.0. The molecule has 1 aromatic heterocycles. The molecule has 5 rings (SSSR count). The summed E-state index contributed by atoms with van der Waals surface area (Å²) in [5.74, 6) is -0.00152. The van der Waals surface area contributed by atoms with E-state index in [2.05, 4.69) is 45.0 Å². The van der Waals surface area contributed by atoms with Gasteiger partial charge in [-0.2, -0.15) is 13.2 Å². The minimum atomic E-state index is -4.44. The number of amides is 1. The molecule has 4 aromatic carbocycles. The average molecular weight is 835 g/mol. The zero-order valence-corrected chi connectivity index (χ0v) is 28.3. The first-order valence-electron chi connectivity index (χ1n) is 14.1. The fraction of sp³-hybridized carbons (Fsp3) is 0.171. The Morgan fingerprint density at radius 1 is 0.911 bits per heavy atom. The fourth-order valence-electron chi connectivity index (χ4n) is 4.77. The molecule has 0 saturated carbocycles. The number of halogens is 5. The summed E-state index contributed by atoms with van der Waals surface area (Å²) in [6.45, 7) is 3.14. The number of ether oxygens (including phenoxy) is 1. The minimum absolute atomic E-state index is 0.126. The molecule has 232 valence electrons. The van der Waals surface area contributed by atoms with Crippen LogP contribution in [-0.4, -0.2) is 29.8 Å². The molecular formula is C35H28F3I2N2O3-. The predicted molar refractivity (Wildman–Crippen MR) is 174 cm³/mol. The van der Waals surface area contributed by atoms with Gasteiger partial charge in [0.25, 0.3) is 0 Å². The number of anilines is 1. The number of pyridine rings is 1. The molecule has 0 spiro atoms. The molecule has 5 nitrogen and oxygen atoms in total. The van der Waals surface area contributed by atoms with Crippen molar-refractivity contribution in [1.29, 1.82) is 0 Å². The van der Waals surface area contributed by atoms with Crippen molar-refractivity contribution in [1.82, 2.24) is 4.98 Å². The second kappa shape index (κ2) is 14.8. The van der Waals surface area contributed by atoms with E-state index >= 15 is 0 Å². The maximum absolute atomic E-state index is 13.4. The number of hydrogen-bond acceptors (Lipinski definition) is 4. The third-order valence-electron chi connectivity index (χ3n) is 7.09. The summed E-state index contributed by atoms with van der Waals surface area (Å²) in [6.07, 6.45) is -4.44. The molecule has 0 bridgehead atoms. The van der Waals surface area contributed by atoms with Gasteiger partial charge in [0.2, 0.25) is 0 Å². The molecular weight excluding hydrogens is 807 g/mol. The van der Waals surface area contributed by atoms with Crippen LogP contribution in [0.3, 0.4) is 0 Å². The van der Waals surface area contributed by atoms with Crippen LogP contribution in [0.4, 0.5) is 19.0 Å². The number of carbonyl (C=O) groups is 2. The van der Waals surface area contributed by atoms with E-state index < -0.39 is 38.9 Å². The second-order valence-electron chi connectivity index (χ2n) is 10.1. The third-order valence-corrected chi connectivity index (χ3v) is 12.2. The summed E-state index contributed by atoms with van der Waals surface area (Å²) in [6, 6.07) is 30.4. The Hall–Kier alpha value is -3.36. The molecule has 1 heterocycles. The van der Waals surface area contributed by atoms with Crippen LogP contribution in [0.1, 0.15) is 44.7 Å². The van der Waals surface area contributed by atoms with Gasteiger partial charge in [0.1, 0.15) is 0 Å². The molecule has 0 saturated heterocycles. The van der Waals surface area contributed by atoms with E-state index in [0.717, 1.165) is 23.1 Å². The summed E-state index contributed by atoms with van der Waals surface area (Å²) in [5, 5.41) is 3.57. The number of nitrogens with zero attached hydrogens (tertiary/aromatic N) is 1. The molecule has 45 heavy (non-hydrogen) atoms. The van der Waals surface area contributed by atoms with Crippen molar-refractivity contribution in [2.24, 2.45) is 0 Å². The zero-order valence-electron chi connectivity index (χ0n) is 24.0. The number of rotatable bonds is 11. The van der Waals surface area contributed by atoms with Crippen LogP contribution < -0.4 is 26.5 Å². The Balaban J connectivity index is 1.30. The molecule has 0 aliphatic carbocycles. The van der Waals surface area contributed by atoms with E-state index in [-0.39, 0.29) is 11.6 Å². The van der Waals surface area contributed by atoms with Crippen molar-refractivity contribution in [3.63, 3.8) is 0 Å². The van der Waals surface area contributed by atoms with Gasteiger partial charge in [-0.1, -0.05) is 18.2 Å². The van der Waals surface area contributed by atoms with Crippen LogP contribution in [-0.2, 0) is 10.9 Å². The Labute approximate surface area is 283 Å². The van der Waals surface area contributed by atoms with E-state index in [1.165, 1.54) is 12.1 Å². The van der Waals surface area contributed by atoms with Crippen molar-refractivity contribution in [2.45, 2.75) is 20.9 Å². The third kappa shape index (κ3) is 8.27. The molecule has 5 aromatic rings. The van der Waals surface area contributed by atoms with Gasteiger partial charge in [0.05, 0.1) is 5.56 Å².